The summed E-state index contributed by atoms with van der Waals surface area (Å²) in [7, 11) is 0. The third kappa shape index (κ3) is 6.64. The van der Waals surface area contributed by atoms with Crippen LogP contribution in [0.1, 0.15) is 0 Å². The smallest absolute Gasteiger partial charge is 0.137 e. The summed E-state index contributed by atoms with van der Waals surface area (Å²) < 4.78 is 18.2. The van der Waals surface area contributed by atoms with Crippen molar-refractivity contribution >= 4 is 142 Å². The van der Waals surface area contributed by atoms with Crippen LogP contribution in [0.25, 0.3) is 113 Å². The van der Waals surface area contributed by atoms with Crippen LogP contribution in [0.5, 0.6) is 0 Å². The number of rotatable bonds is 8. The zero-order chi connectivity index (χ0) is 49.8. The summed E-state index contributed by atoms with van der Waals surface area (Å²) in [5.41, 5.74) is 15.4. The van der Waals surface area contributed by atoms with Crippen molar-refractivity contribution in [2.45, 2.75) is 0 Å². The summed E-state index contributed by atoms with van der Waals surface area (Å²) in [5.74, 6) is 0. The first-order valence-corrected chi connectivity index (χ1v) is 26.5. The zero-order valence-corrected chi connectivity index (χ0v) is 41.7. The molecule has 0 aliphatic carbocycles. The molecule has 0 spiro atoms. The van der Waals surface area contributed by atoms with Gasteiger partial charge < -0.3 is 23.2 Å². The van der Waals surface area contributed by atoms with Gasteiger partial charge in [0.2, 0.25) is 0 Å². The average Bonchev–Trinajstić information content (AvgIpc) is 4.29. The Bertz CT molecular complexity index is 4970. The molecule has 5 nitrogen and oxygen atoms in total. The van der Waals surface area contributed by atoms with Crippen LogP contribution >= 0.6 is 11.3 Å². The molecule has 0 bridgehead atoms. The van der Waals surface area contributed by atoms with Crippen molar-refractivity contribution in [1.29, 1.82) is 0 Å². The summed E-state index contributed by atoms with van der Waals surface area (Å²) in [6.07, 6.45) is 0. The van der Waals surface area contributed by atoms with Crippen molar-refractivity contribution in [3.8, 4) is 16.8 Å². The highest BCUT2D eigenvalue weighted by atomic mass is 32.1. The molecule has 356 valence electrons. The van der Waals surface area contributed by atoms with Gasteiger partial charge in [-0.15, -0.1) is 11.3 Å². The van der Waals surface area contributed by atoms with E-state index >= 15 is 0 Å². The topological polar surface area (TPSA) is 37.7 Å². The lowest BCUT2D eigenvalue weighted by molar-refractivity contribution is 0.668. The van der Waals surface area contributed by atoms with Crippen LogP contribution in [0.15, 0.2) is 270 Å². The molecule has 0 aliphatic heterocycles. The molecule has 4 aromatic heterocycles. The minimum Gasteiger partial charge on any atom is -0.456 e. The van der Waals surface area contributed by atoms with Gasteiger partial charge in [-0.1, -0.05) is 133 Å². The van der Waals surface area contributed by atoms with Crippen LogP contribution in [0.4, 0.5) is 34.1 Å². The fourth-order valence-electron chi connectivity index (χ4n) is 11.9. The molecule has 0 N–H and O–H groups in total. The summed E-state index contributed by atoms with van der Waals surface area (Å²) in [5, 5.41) is 11.5. The number of hydrogen-bond acceptors (Lipinski definition) is 5. The zero-order valence-electron chi connectivity index (χ0n) is 40.9. The second-order valence-electron chi connectivity index (χ2n) is 19.6. The van der Waals surface area contributed by atoms with Crippen LogP contribution in [-0.4, -0.2) is 4.57 Å². The molecule has 16 rings (SSSR count). The molecule has 0 saturated heterocycles. The SMILES string of the molecule is c1ccc(N(c2ccc3sc4ccccc4c3c2)c2ccc(N(c3ccc4c(c3)oc3ccccc34)c3ccc4oc5ccc(-c6ccc7c8ccccc8n(-c8ccccc8)c7c6)cc5c4c3)c3ccccc23)cc1. The van der Waals surface area contributed by atoms with Gasteiger partial charge in [0.25, 0.3) is 0 Å². The van der Waals surface area contributed by atoms with Crippen molar-refractivity contribution in [1.82, 2.24) is 4.57 Å². The van der Waals surface area contributed by atoms with Gasteiger partial charge in [-0.05, 0) is 132 Å². The Balaban J connectivity index is 0.882. The Hall–Kier alpha value is -9.88. The molecule has 0 saturated carbocycles. The number of nitrogens with zero attached hydrogens (tertiary/aromatic N) is 3. The minimum absolute atomic E-state index is 0.831. The molecule has 0 atom stereocenters. The molecular weight excluding hydrogens is 947 g/mol. The Morgan fingerprint density at radius 1 is 0.276 bits per heavy atom. The third-order valence-corrected chi connectivity index (χ3v) is 16.5. The molecule has 16 aromatic rings. The largest absolute Gasteiger partial charge is 0.456 e. The second kappa shape index (κ2) is 16.8. The molecular formula is C70H43N3O2S. The van der Waals surface area contributed by atoms with Crippen molar-refractivity contribution < 1.29 is 8.83 Å². The van der Waals surface area contributed by atoms with Crippen molar-refractivity contribution in [2.75, 3.05) is 9.80 Å². The van der Waals surface area contributed by atoms with Crippen LogP contribution in [0, 0.1) is 0 Å². The summed E-state index contributed by atoms with van der Waals surface area (Å²) in [6, 6.07) is 94.1. The van der Waals surface area contributed by atoms with E-state index < -0.39 is 0 Å². The molecule has 4 heterocycles. The number of anilines is 6. The lowest BCUT2D eigenvalue weighted by Crippen LogP contribution is -2.13. The summed E-state index contributed by atoms with van der Waals surface area (Å²) in [4.78, 5) is 4.79. The highest BCUT2D eigenvalue weighted by Gasteiger charge is 2.24. The molecule has 12 aromatic carbocycles. The second-order valence-corrected chi connectivity index (χ2v) is 20.7. The van der Waals surface area contributed by atoms with Gasteiger partial charge in [-0.2, -0.15) is 0 Å². The van der Waals surface area contributed by atoms with E-state index in [9.17, 15) is 0 Å². The van der Waals surface area contributed by atoms with Crippen LogP contribution in [0.2, 0.25) is 0 Å². The van der Waals surface area contributed by atoms with Crippen LogP contribution in [0.3, 0.4) is 0 Å². The fourth-order valence-corrected chi connectivity index (χ4v) is 13.0. The Morgan fingerprint density at radius 3 is 1.58 bits per heavy atom. The number of hydrogen-bond donors (Lipinski definition) is 0. The first-order valence-electron chi connectivity index (χ1n) is 25.7. The molecule has 0 aliphatic rings. The van der Waals surface area contributed by atoms with Gasteiger partial charge in [-0.25, -0.2) is 0 Å². The lowest BCUT2D eigenvalue weighted by atomic mass is 10.0. The standard InChI is InChI=1S/C70H43N3O2S/c1-3-15-46(16-4-1)71(49-31-38-70-60(42-49)57-23-11-14-26-69(57)76-70)62-34-35-63(52-20-8-7-19-51(52)62)72(50-29-33-56-55-22-10-13-25-65(55)75-68(56)43-50)48-30-37-67-59(41-48)58-39-44(28-36-66(58)74-67)45-27-32-54-53-21-9-12-24-61(53)73(64(54)40-45)47-17-5-2-6-18-47/h1-43H. The van der Waals surface area contributed by atoms with E-state index in [1.807, 2.05) is 23.5 Å². The third-order valence-electron chi connectivity index (χ3n) is 15.3. The van der Waals surface area contributed by atoms with Gasteiger partial charge >= 0.3 is 0 Å². The quantitative estimate of drug-likeness (QED) is 0.152. The van der Waals surface area contributed by atoms with E-state index in [4.69, 9.17) is 8.83 Å². The fraction of sp³-hybridized carbons (Fsp3) is 0. The highest BCUT2D eigenvalue weighted by molar-refractivity contribution is 7.25. The van der Waals surface area contributed by atoms with E-state index in [0.29, 0.717) is 0 Å². The molecule has 0 amide bonds. The Morgan fingerprint density at radius 2 is 0.776 bits per heavy atom. The first kappa shape index (κ1) is 42.6. The number of fused-ring (bicyclic) bond motifs is 13. The van der Waals surface area contributed by atoms with Gasteiger partial charge in [0.1, 0.15) is 22.3 Å². The maximum absolute atomic E-state index is 6.67. The number of furan rings is 2. The van der Waals surface area contributed by atoms with E-state index in [1.165, 1.54) is 42.0 Å². The average molecular weight is 990 g/mol. The molecule has 0 unspecified atom stereocenters. The van der Waals surface area contributed by atoms with E-state index in [1.54, 1.807) is 0 Å². The Kier molecular flexibility index (Phi) is 9.44. The lowest BCUT2D eigenvalue weighted by Gasteiger charge is -2.30. The van der Waals surface area contributed by atoms with E-state index in [-0.39, 0.29) is 0 Å². The van der Waals surface area contributed by atoms with Gasteiger partial charge in [0, 0.05) is 97.8 Å². The highest BCUT2D eigenvalue weighted by Crippen LogP contribution is 2.48. The predicted octanol–water partition coefficient (Wildman–Crippen LogP) is 20.7. The van der Waals surface area contributed by atoms with Crippen molar-refractivity contribution in [3.63, 3.8) is 0 Å². The van der Waals surface area contributed by atoms with Gasteiger partial charge in [-0.3, -0.25) is 0 Å². The van der Waals surface area contributed by atoms with Crippen LogP contribution in [-0.2, 0) is 0 Å². The van der Waals surface area contributed by atoms with Crippen molar-refractivity contribution in [2.24, 2.45) is 0 Å². The number of para-hydroxylation sites is 4. The number of thiophene rings is 1. The van der Waals surface area contributed by atoms with E-state index in [0.717, 1.165) is 106 Å². The monoisotopic (exact) mass is 989 g/mol. The number of aromatic nitrogens is 1. The summed E-state index contributed by atoms with van der Waals surface area (Å²) in [6.45, 7) is 0. The van der Waals surface area contributed by atoms with Crippen molar-refractivity contribution in [3.05, 3.63) is 261 Å². The predicted molar refractivity (Wildman–Crippen MR) is 321 cm³/mol. The van der Waals surface area contributed by atoms with Crippen LogP contribution < -0.4 is 9.80 Å². The van der Waals surface area contributed by atoms with Gasteiger partial charge in [0.05, 0.1) is 22.4 Å². The van der Waals surface area contributed by atoms with E-state index in [2.05, 4.69) is 263 Å². The maximum atomic E-state index is 6.67. The minimum atomic E-state index is 0.831. The molecule has 0 fully saturated rings. The molecule has 6 heteroatoms. The first-order chi connectivity index (χ1) is 37.7. The molecule has 76 heavy (non-hydrogen) atoms. The number of benzene rings is 12. The normalized spacial score (nSPS) is 11.9. The maximum Gasteiger partial charge on any atom is 0.137 e. The molecule has 0 radical (unpaired) electrons. The Labute approximate surface area is 440 Å². The summed E-state index contributed by atoms with van der Waals surface area (Å²) >= 11 is 1.84. The van der Waals surface area contributed by atoms with Gasteiger partial charge in [0.15, 0.2) is 0 Å².